The summed E-state index contributed by atoms with van der Waals surface area (Å²) in [7, 11) is -1.75. The first-order valence-corrected chi connectivity index (χ1v) is 6.71. The molecular formula is C8H18ClNO3S. The maximum atomic E-state index is 11.2. The number of rotatable bonds is 8. The number of hydrogen-bond acceptors (Lipinski definition) is 3. The van der Waals surface area contributed by atoms with Crippen molar-refractivity contribution in [2.45, 2.75) is 25.1 Å². The summed E-state index contributed by atoms with van der Waals surface area (Å²) in [6.07, 6.45) is 1.77. The molecule has 0 aromatic heterocycles. The van der Waals surface area contributed by atoms with Gasteiger partial charge in [0.05, 0.1) is 12.4 Å². The van der Waals surface area contributed by atoms with Crippen LogP contribution in [0.1, 0.15) is 19.8 Å². The zero-order valence-electron chi connectivity index (χ0n) is 8.62. The molecule has 0 rings (SSSR count). The molecule has 0 saturated carbocycles. The molecule has 0 aromatic carbocycles. The van der Waals surface area contributed by atoms with Gasteiger partial charge in [0, 0.05) is 19.0 Å². The van der Waals surface area contributed by atoms with Gasteiger partial charge in [-0.15, -0.1) is 11.6 Å². The lowest BCUT2D eigenvalue weighted by molar-refractivity contribution is 0.217. The minimum absolute atomic E-state index is 0.0146. The molecule has 1 atom stereocenters. The summed E-state index contributed by atoms with van der Waals surface area (Å²) in [5.74, 6) is -0.0146. The van der Waals surface area contributed by atoms with Crippen molar-refractivity contribution in [3.05, 3.63) is 0 Å². The highest BCUT2D eigenvalue weighted by atomic mass is 35.5. The van der Waals surface area contributed by atoms with Crippen LogP contribution in [0.2, 0.25) is 0 Å². The van der Waals surface area contributed by atoms with E-state index in [2.05, 4.69) is 9.46 Å². The standard InChI is InChI=1S/C8H18ClNO3S/c1-3-4-8(9)7-10-14(11,12)6-5-13-2/h8,10H,3-7H2,1-2H3. The van der Waals surface area contributed by atoms with Gasteiger partial charge < -0.3 is 4.74 Å². The summed E-state index contributed by atoms with van der Waals surface area (Å²) in [6, 6.07) is 0. The van der Waals surface area contributed by atoms with Gasteiger partial charge in [-0.25, -0.2) is 13.1 Å². The van der Waals surface area contributed by atoms with Crippen molar-refractivity contribution in [2.24, 2.45) is 0 Å². The van der Waals surface area contributed by atoms with Gasteiger partial charge in [0.15, 0.2) is 0 Å². The highest BCUT2D eigenvalue weighted by Gasteiger charge is 2.11. The van der Waals surface area contributed by atoms with Crippen LogP contribution < -0.4 is 4.72 Å². The van der Waals surface area contributed by atoms with Gasteiger partial charge in [0.25, 0.3) is 0 Å². The van der Waals surface area contributed by atoms with Crippen molar-refractivity contribution in [3.63, 3.8) is 0 Å². The summed E-state index contributed by atoms with van der Waals surface area (Å²) in [5, 5.41) is -0.127. The van der Waals surface area contributed by atoms with Gasteiger partial charge in [-0.05, 0) is 6.42 Å². The highest BCUT2D eigenvalue weighted by molar-refractivity contribution is 7.89. The Morgan fingerprint density at radius 1 is 1.50 bits per heavy atom. The SMILES string of the molecule is CCCC(Cl)CNS(=O)(=O)CCOC. The van der Waals surface area contributed by atoms with E-state index in [1.807, 2.05) is 6.92 Å². The molecule has 1 unspecified atom stereocenters. The van der Waals surface area contributed by atoms with Crippen molar-refractivity contribution >= 4 is 21.6 Å². The Bertz CT molecular complexity index is 231. The van der Waals surface area contributed by atoms with E-state index in [9.17, 15) is 8.42 Å². The van der Waals surface area contributed by atoms with Crippen LogP contribution in [0.5, 0.6) is 0 Å². The molecule has 0 radical (unpaired) electrons. The third kappa shape index (κ3) is 7.55. The first kappa shape index (κ1) is 14.2. The Morgan fingerprint density at radius 3 is 2.64 bits per heavy atom. The fourth-order valence-electron chi connectivity index (χ4n) is 0.898. The van der Waals surface area contributed by atoms with Crippen molar-refractivity contribution in [1.29, 1.82) is 0 Å². The minimum Gasteiger partial charge on any atom is -0.384 e. The smallest absolute Gasteiger partial charge is 0.213 e. The van der Waals surface area contributed by atoms with Crippen molar-refractivity contribution < 1.29 is 13.2 Å². The van der Waals surface area contributed by atoms with E-state index in [0.29, 0.717) is 6.54 Å². The summed E-state index contributed by atoms with van der Waals surface area (Å²) in [4.78, 5) is 0. The van der Waals surface area contributed by atoms with Crippen LogP contribution in [-0.4, -0.2) is 39.8 Å². The number of hydrogen-bond donors (Lipinski definition) is 1. The number of sulfonamides is 1. The maximum absolute atomic E-state index is 11.2. The Kier molecular flexibility index (Phi) is 7.54. The summed E-state index contributed by atoms with van der Waals surface area (Å²) >= 11 is 5.86. The van der Waals surface area contributed by atoms with Gasteiger partial charge in [-0.1, -0.05) is 13.3 Å². The topological polar surface area (TPSA) is 55.4 Å². The van der Waals surface area contributed by atoms with Crippen molar-refractivity contribution in [3.8, 4) is 0 Å². The number of nitrogens with one attached hydrogen (secondary N) is 1. The number of halogens is 1. The lowest BCUT2D eigenvalue weighted by Gasteiger charge is -2.09. The fourth-order valence-corrected chi connectivity index (χ4v) is 2.27. The molecule has 0 aliphatic carbocycles. The highest BCUT2D eigenvalue weighted by Crippen LogP contribution is 2.03. The molecule has 6 heteroatoms. The van der Waals surface area contributed by atoms with E-state index < -0.39 is 10.0 Å². The zero-order valence-corrected chi connectivity index (χ0v) is 10.2. The Balaban J connectivity index is 3.75. The van der Waals surface area contributed by atoms with Gasteiger partial charge >= 0.3 is 0 Å². The third-order valence-electron chi connectivity index (χ3n) is 1.68. The fraction of sp³-hybridized carbons (Fsp3) is 1.00. The average Bonchev–Trinajstić information content (AvgIpc) is 2.13. The molecule has 0 spiro atoms. The van der Waals surface area contributed by atoms with E-state index in [1.54, 1.807) is 0 Å². The summed E-state index contributed by atoms with van der Waals surface area (Å²) in [5.41, 5.74) is 0. The number of alkyl halides is 1. The van der Waals surface area contributed by atoms with Crippen molar-refractivity contribution in [1.82, 2.24) is 4.72 Å². The number of methoxy groups -OCH3 is 1. The molecule has 4 nitrogen and oxygen atoms in total. The molecule has 0 aliphatic heterocycles. The second kappa shape index (κ2) is 7.45. The molecule has 1 N–H and O–H groups in total. The van der Waals surface area contributed by atoms with E-state index >= 15 is 0 Å². The van der Waals surface area contributed by atoms with Gasteiger partial charge in [0.2, 0.25) is 10.0 Å². The Morgan fingerprint density at radius 2 is 2.14 bits per heavy atom. The monoisotopic (exact) mass is 243 g/mol. The van der Waals surface area contributed by atoms with Crippen LogP contribution in [0, 0.1) is 0 Å². The first-order valence-electron chi connectivity index (χ1n) is 4.62. The van der Waals surface area contributed by atoms with Gasteiger partial charge in [-0.3, -0.25) is 0 Å². The molecule has 0 amide bonds. The van der Waals surface area contributed by atoms with Gasteiger partial charge in [-0.2, -0.15) is 0 Å². The van der Waals surface area contributed by atoms with E-state index in [-0.39, 0.29) is 17.7 Å². The van der Waals surface area contributed by atoms with E-state index in [0.717, 1.165) is 12.8 Å². The van der Waals surface area contributed by atoms with Crippen LogP contribution >= 0.6 is 11.6 Å². The van der Waals surface area contributed by atoms with E-state index in [4.69, 9.17) is 11.6 Å². The second-order valence-corrected chi connectivity index (χ2v) is 5.59. The van der Waals surface area contributed by atoms with Gasteiger partial charge in [0.1, 0.15) is 0 Å². The Labute approximate surface area is 91.0 Å². The summed E-state index contributed by atoms with van der Waals surface area (Å²) < 4.78 is 29.6. The molecule has 0 bridgehead atoms. The minimum atomic E-state index is -3.22. The molecule has 86 valence electrons. The quantitative estimate of drug-likeness (QED) is 0.646. The normalized spacial score (nSPS) is 14.2. The molecule has 0 fully saturated rings. The largest absolute Gasteiger partial charge is 0.384 e. The molecule has 0 aromatic rings. The van der Waals surface area contributed by atoms with Crippen LogP contribution in [0.25, 0.3) is 0 Å². The maximum Gasteiger partial charge on any atom is 0.213 e. The average molecular weight is 244 g/mol. The predicted molar refractivity (Wildman–Crippen MR) is 58.2 cm³/mol. The van der Waals surface area contributed by atoms with Crippen LogP contribution in [-0.2, 0) is 14.8 Å². The molecule has 14 heavy (non-hydrogen) atoms. The second-order valence-electron chi connectivity index (χ2n) is 3.05. The lowest BCUT2D eigenvalue weighted by Crippen LogP contribution is -2.32. The van der Waals surface area contributed by atoms with Crippen LogP contribution in [0.3, 0.4) is 0 Å². The zero-order chi connectivity index (χ0) is 11.0. The molecule has 0 aliphatic rings. The number of ether oxygens (including phenoxy) is 1. The van der Waals surface area contributed by atoms with E-state index in [1.165, 1.54) is 7.11 Å². The molecular weight excluding hydrogens is 226 g/mol. The predicted octanol–water partition coefficient (Wildman–Crippen LogP) is 0.960. The third-order valence-corrected chi connectivity index (χ3v) is 3.37. The lowest BCUT2D eigenvalue weighted by atomic mass is 10.2. The van der Waals surface area contributed by atoms with Crippen LogP contribution in [0.4, 0.5) is 0 Å². The van der Waals surface area contributed by atoms with Crippen molar-refractivity contribution in [2.75, 3.05) is 26.0 Å². The molecule has 0 saturated heterocycles. The summed E-state index contributed by atoms with van der Waals surface area (Å²) in [6.45, 7) is 2.51. The Hall–Kier alpha value is 0.160. The van der Waals surface area contributed by atoms with Crippen LogP contribution in [0.15, 0.2) is 0 Å². The molecule has 0 heterocycles. The first-order chi connectivity index (χ1) is 6.52.